The summed E-state index contributed by atoms with van der Waals surface area (Å²) in [5, 5.41) is 3.74. The van der Waals surface area contributed by atoms with Crippen LogP contribution in [0.5, 0.6) is 0 Å². The van der Waals surface area contributed by atoms with Crippen LogP contribution in [0, 0.1) is 5.92 Å². The second-order valence-corrected chi connectivity index (χ2v) is 5.80. The molecule has 0 saturated heterocycles. The molecular formula is C15H23N. The van der Waals surface area contributed by atoms with Crippen LogP contribution in [0.1, 0.15) is 39.7 Å². The minimum Gasteiger partial charge on any atom is -0.310 e. The largest absolute Gasteiger partial charge is 0.310 e. The minimum atomic E-state index is 0.198. The summed E-state index contributed by atoms with van der Waals surface area (Å²) in [5.74, 6) is 0.869. The van der Waals surface area contributed by atoms with E-state index in [-0.39, 0.29) is 5.41 Å². The normalized spacial score (nSPS) is 26.5. The van der Waals surface area contributed by atoms with Crippen LogP contribution in [0.25, 0.3) is 0 Å². The van der Waals surface area contributed by atoms with Crippen LogP contribution in [0.2, 0.25) is 0 Å². The SMILES string of the molecule is CC1CC1NC(C)C(C)(C)c1ccccc1. The number of rotatable bonds is 4. The van der Waals surface area contributed by atoms with Gasteiger partial charge in [-0.05, 0) is 24.8 Å². The summed E-state index contributed by atoms with van der Waals surface area (Å²) in [6, 6.07) is 12.1. The number of benzene rings is 1. The minimum absolute atomic E-state index is 0.198. The zero-order valence-electron chi connectivity index (χ0n) is 10.8. The lowest BCUT2D eigenvalue weighted by Crippen LogP contribution is -2.44. The molecule has 1 aromatic rings. The van der Waals surface area contributed by atoms with E-state index < -0.39 is 0 Å². The highest BCUT2D eigenvalue weighted by Crippen LogP contribution is 2.33. The lowest BCUT2D eigenvalue weighted by molar-refractivity contribution is 0.355. The van der Waals surface area contributed by atoms with Gasteiger partial charge < -0.3 is 5.32 Å². The molecule has 2 rings (SSSR count). The Balaban J connectivity index is 2.06. The Morgan fingerprint density at radius 3 is 2.31 bits per heavy atom. The summed E-state index contributed by atoms with van der Waals surface area (Å²) in [4.78, 5) is 0. The first-order valence-corrected chi connectivity index (χ1v) is 6.33. The van der Waals surface area contributed by atoms with E-state index >= 15 is 0 Å². The van der Waals surface area contributed by atoms with Crippen LogP contribution in [0.15, 0.2) is 30.3 Å². The third kappa shape index (κ3) is 2.30. The number of hydrogen-bond acceptors (Lipinski definition) is 1. The van der Waals surface area contributed by atoms with Crippen molar-refractivity contribution in [3.05, 3.63) is 35.9 Å². The molecule has 1 saturated carbocycles. The van der Waals surface area contributed by atoms with E-state index in [1.54, 1.807) is 0 Å². The monoisotopic (exact) mass is 217 g/mol. The van der Waals surface area contributed by atoms with Crippen LogP contribution in [-0.4, -0.2) is 12.1 Å². The molecule has 0 spiro atoms. The molecule has 3 atom stereocenters. The van der Waals surface area contributed by atoms with Gasteiger partial charge >= 0.3 is 0 Å². The Morgan fingerprint density at radius 2 is 1.81 bits per heavy atom. The van der Waals surface area contributed by atoms with E-state index in [1.807, 2.05) is 0 Å². The van der Waals surface area contributed by atoms with Crippen LogP contribution in [0.3, 0.4) is 0 Å². The molecule has 0 bridgehead atoms. The summed E-state index contributed by atoms with van der Waals surface area (Å²) in [6.45, 7) is 9.28. The van der Waals surface area contributed by atoms with Crippen molar-refractivity contribution in [2.75, 3.05) is 0 Å². The molecule has 1 aliphatic rings. The lowest BCUT2D eigenvalue weighted by Gasteiger charge is -2.33. The summed E-state index contributed by atoms with van der Waals surface area (Å²) in [6.07, 6.45) is 1.34. The van der Waals surface area contributed by atoms with E-state index in [9.17, 15) is 0 Å². The summed E-state index contributed by atoms with van der Waals surface area (Å²) in [7, 11) is 0. The fourth-order valence-electron chi connectivity index (χ4n) is 2.20. The topological polar surface area (TPSA) is 12.0 Å². The Hall–Kier alpha value is -0.820. The molecule has 1 nitrogen and oxygen atoms in total. The van der Waals surface area contributed by atoms with Crippen LogP contribution < -0.4 is 5.32 Å². The van der Waals surface area contributed by atoms with Crippen molar-refractivity contribution < 1.29 is 0 Å². The van der Waals surface area contributed by atoms with Crippen molar-refractivity contribution in [2.45, 2.75) is 51.6 Å². The van der Waals surface area contributed by atoms with Crippen molar-refractivity contribution in [1.29, 1.82) is 0 Å². The molecule has 1 heteroatoms. The van der Waals surface area contributed by atoms with Gasteiger partial charge in [-0.15, -0.1) is 0 Å². The molecule has 0 heterocycles. The molecular weight excluding hydrogens is 194 g/mol. The standard InChI is InChI=1S/C15H23N/c1-11-10-14(11)16-12(2)15(3,4)13-8-6-5-7-9-13/h5-9,11-12,14,16H,10H2,1-4H3. The van der Waals surface area contributed by atoms with Gasteiger partial charge in [0.15, 0.2) is 0 Å². The van der Waals surface area contributed by atoms with E-state index in [0.717, 1.165) is 12.0 Å². The molecule has 3 unspecified atom stereocenters. The quantitative estimate of drug-likeness (QED) is 0.815. The molecule has 0 aliphatic heterocycles. The highest BCUT2D eigenvalue weighted by Gasteiger charge is 2.37. The maximum Gasteiger partial charge on any atom is 0.0133 e. The maximum atomic E-state index is 3.74. The van der Waals surface area contributed by atoms with E-state index in [0.29, 0.717) is 6.04 Å². The molecule has 0 radical (unpaired) electrons. The first kappa shape index (κ1) is 11.7. The molecule has 1 aromatic carbocycles. The van der Waals surface area contributed by atoms with Gasteiger partial charge in [0.25, 0.3) is 0 Å². The third-order valence-corrected chi connectivity index (χ3v) is 4.17. The van der Waals surface area contributed by atoms with E-state index in [4.69, 9.17) is 0 Å². The van der Waals surface area contributed by atoms with Gasteiger partial charge in [-0.2, -0.15) is 0 Å². The molecule has 0 amide bonds. The van der Waals surface area contributed by atoms with E-state index in [1.165, 1.54) is 12.0 Å². The van der Waals surface area contributed by atoms with Gasteiger partial charge in [0.05, 0.1) is 0 Å². The molecule has 1 aliphatic carbocycles. The van der Waals surface area contributed by atoms with Gasteiger partial charge in [0.2, 0.25) is 0 Å². The Morgan fingerprint density at radius 1 is 1.25 bits per heavy atom. The molecule has 1 N–H and O–H groups in total. The van der Waals surface area contributed by atoms with Crippen LogP contribution in [-0.2, 0) is 5.41 Å². The fourth-order valence-corrected chi connectivity index (χ4v) is 2.20. The molecule has 88 valence electrons. The van der Waals surface area contributed by atoms with Crippen molar-refractivity contribution in [2.24, 2.45) is 5.92 Å². The predicted octanol–water partition coefficient (Wildman–Crippen LogP) is 3.35. The van der Waals surface area contributed by atoms with Gasteiger partial charge in [0.1, 0.15) is 0 Å². The highest BCUT2D eigenvalue weighted by atomic mass is 15.0. The first-order chi connectivity index (χ1) is 7.51. The summed E-state index contributed by atoms with van der Waals surface area (Å²) < 4.78 is 0. The fraction of sp³-hybridized carbons (Fsp3) is 0.600. The summed E-state index contributed by atoms with van der Waals surface area (Å²) >= 11 is 0. The number of nitrogens with one attached hydrogen (secondary N) is 1. The van der Waals surface area contributed by atoms with E-state index in [2.05, 4.69) is 63.3 Å². The van der Waals surface area contributed by atoms with Gasteiger partial charge in [-0.3, -0.25) is 0 Å². The second-order valence-electron chi connectivity index (χ2n) is 5.80. The highest BCUT2D eigenvalue weighted by molar-refractivity contribution is 5.25. The molecule has 0 aromatic heterocycles. The Bertz CT molecular complexity index is 342. The predicted molar refractivity (Wildman–Crippen MR) is 69.6 cm³/mol. The van der Waals surface area contributed by atoms with Gasteiger partial charge in [-0.25, -0.2) is 0 Å². The van der Waals surface area contributed by atoms with Gasteiger partial charge in [-0.1, -0.05) is 51.1 Å². The Labute approximate surface area is 99.3 Å². The van der Waals surface area contributed by atoms with Crippen LogP contribution in [0.4, 0.5) is 0 Å². The number of hydrogen-bond donors (Lipinski definition) is 1. The average Bonchev–Trinajstić information content (AvgIpc) is 2.95. The molecule has 16 heavy (non-hydrogen) atoms. The zero-order chi connectivity index (χ0) is 11.8. The second kappa shape index (κ2) is 4.21. The average molecular weight is 217 g/mol. The van der Waals surface area contributed by atoms with Gasteiger partial charge in [0, 0.05) is 17.5 Å². The smallest absolute Gasteiger partial charge is 0.0133 e. The lowest BCUT2D eigenvalue weighted by atomic mass is 9.78. The summed E-state index contributed by atoms with van der Waals surface area (Å²) in [5.41, 5.74) is 1.62. The maximum absolute atomic E-state index is 3.74. The third-order valence-electron chi connectivity index (χ3n) is 4.17. The van der Waals surface area contributed by atoms with Crippen molar-refractivity contribution in [1.82, 2.24) is 5.32 Å². The van der Waals surface area contributed by atoms with Crippen molar-refractivity contribution in [3.63, 3.8) is 0 Å². The molecule has 1 fully saturated rings. The Kier molecular flexibility index (Phi) is 3.07. The van der Waals surface area contributed by atoms with Crippen molar-refractivity contribution >= 4 is 0 Å². The van der Waals surface area contributed by atoms with Crippen LogP contribution >= 0.6 is 0 Å². The van der Waals surface area contributed by atoms with Crippen molar-refractivity contribution in [3.8, 4) is 0 Å². The zero-order valence-corrected chi connectivity index (χ0v) is 10.8. The first-order valence-electron chi connectivity index (χ1n) is 6.33.